The summed E-state index contributed by atoms with van der Waals surface area (Å²) >= 11 is 0. The van der Waals surface area contributed by atoms with E-state index in [1.165, 1.54) is 8.99 Å². The minimum Gasteiger partial charge on any atom is -0.492 e. The summed E-state index contributed by atoms with van der Waals surface area (Å²) in [5.74, 6) is 0.535. The standard InChI is InChI=1S/C24H36N6O4S/c1-4-26-11-13-28(14-12-26)24(31)20-19-29(5-2)25-23(20)35(32,33)30-17-15-27(16-18-30)21-9-7-8-10-22(21)34-6-3/h7-10,19H,4-6,11-18H2,1-3H3. The number of nitrogens with zero attached hydrogens (tertiary/aromatic N) is 6. The maximum atomic E-state index is 13.7. The number of piperazine rings is 2. The summed E-state index contributed by atoms with van der Waals surface area (Å²) in [7, 11) is -3.92. The molecule has 0 unspecified atom stereocenters. The first kappa shape index (κ1) is 25.5. The Labute approximate surface area is 208 Å². The van der Waals surface area contributed by atoms with Crippen molar-refractivity contribution >= 4 is 21.6 Å². The number of aryl methyl sites for hydroxylation is 1. The number of hydrogen-bond acceptors (Lipinski definition) is 7. The average Bonchev–Trinajstić information content (AvgIpc) is 3.35. The van der Waals surface area contributed by atoms with Gasteiger partial charge in [-0.3, -0.25) is 9.48 Å². The molecular formula is C24H36N6O4S. The Hall–Kier alpha value is -2.63. The topological polar surface area (TPSA) is 91.2 Å². The highest BCUT2D eigenvalue weighted by molar-refractivity contribution is 7.89. The fourth-order valence-corrected chi connectivity index (χ4v) is 6.14. The molecular weight excluding hydrogens is 468 g/mol. The van der Waals surface area contributed by atoms with Crippen LogP contribution in [0.3, 0.4) is 0 Å². The molecule has 0 aliphatic carbocycles. The maximum absolute atomic E-state index is 13.7. The number of sulfonamides is 1. The van der Waals surface area contributed by atoms with Crippen LogP contribution in [0.15, 0.2) is 35.5 Å². The zero-order chi connectivity index (χ0) is 25.0. The summed E-state index contributed by atoms with van der Waals surface area (Å²) < 4.78 is 36.1. The van der Waals surface area contributed by atoms with Gasteiger partial charge in [-0.25, -0.2) is 8.42 Å². The van der Waals surface area contributed by atoms with Gasteiger partial charge in [-0.05, 0) is 32.5 Å². The second kappa shape index (κ2) is 11.0. The normalized spacial score (nSPS) is 18.1. The molecule has 0 spiro atoms. The molecule has 2 aliphatic rings. The number of carbonyl (C=O) groups excluding carboxylic acids is 1. The van der Waals surface area contributed by atoms with Gasteiger partial charge in [-0.15, -0.1) is 0 Å². The van der Waals surface area contributed by atoms with Crippen molar-refractivity contribution in [3.63, 3.8) is 0 Å². The Morgan fingerprint density at radius 1 is 0.943 bits per heavy atom. The summed E-state index contributed by atoms with van der Waals surface area (Å²) in [6.45, 7) is 12.3. The van der Waals surface area contributed by atoms with Crippen molar-refractivity contribution in [3.8, 4) is 5.75 Å². The van der Waals surface area contributed by atoms with Crippen molar-refractivity contribution in [2.45, 2.75) is 32.3 Å². The summed E-state index contributed by atoms with van der Waals surface area (Å²) in [6.07, 6.45) is 1.58. The third kappa shape index (κ3) is 5.31. The van der Waals surface area contributed by atoms with E-state index < -0.39 is 10.0 Å². The van der Waals surface area contributed by atoms with E-state index in [1.807, 2.05) is 38.1 Å². The smallest absolute Gasteiger partial charge is 0.263 e. The Balaban J connectivity index is 1.52. The van der Waals surface area contributed by atoms with Crippen molar-refractivity contribution in [1.29, 1.82) is 0 Å². The van der Waals surface area contributed by atoms with Crippen LogP contribution >= 0.6 is 0 Å². The van der Waals surface area contributed by atoms with Crippen molar-refractivity contribution < 1.29 is 17.9 Å². The number of benzene rings is 1. The molecule has 2 fully saturated rings. The lowest BCUT2D eigenvalue weighted by molar-refractivity contribution is 0.0639. The van der Waals surface area contributed by atoms with Gasteiger partial charge in [-0.2, -0.15) is 9.40 Å². The highest BCUT2D eigenvalue weighted by Crippen LogP contribution is 2.30. The minimum absolute atomic E-state index is 0.134. The molecule has 192 valence electrons. The monoisotopic (exact) mass is 504 g/mol. The van der Waals surface area contributed by atoms with Crippen LogP contribution in [0.5, 0.6) is 5.75 Å². The Kier molecular flexibility index (Phi) is 7.98. The van der Waals surface area contributed by atoms with Crippen LogP contribution in [0, 0.1) is 0 Å². The van der Waals surface area contributed by atoms with Crippen LogP contribution in [0.2, 0.25) is 0 Å². The van der Waals surface area contributed by atoms with Crippen molar-refractivity contribution in [2.75, 3.05) is 70.4 Å². The van der Waals surface area contributed by atoms with Gasteiger partial charge in [0.2, 0.25) is 5.03 Å². The molecule has 2 aliphatic heterocycles. The summed E-state index contributed by atoms with van der Waals surface area (Å²) in [5, 5.41) is 4.20. The fourth-order valence-electron chi connectivity index (χ4n) is 4.63. The van der Waals surface area contributed by atoms with Crippen LogP contribution in [-0.4, -0.2) is 104 Å². The molecule has 2 aromatic rings. The van der Waals surface area contributed by atoms with E-state index in [2.05, 4.69) is 21.8 Å². The molecule has 10 nitrogen and oxygen atoms in total. The van der Waals surface area contributed by atoms with Crippen LogP contribution in [0.25, 0.3) is 0 Å². The molecule has 0 atom stereocenters. The second-order valence-corrected chi connectivity index (χ2v) is 10.6. The fraction of sp³-hybridized carbons (Fsp3) is 0.583. The molecule has 0 saturated carbocycles. The lowest BCUT2D eigenvalue weighted by Gasteiger charge is -2.36. The molecule has 1 aromatic carbocycles. The quantitative estimate of drug-likeness (QED) is 0.539. The number of amides is 1. The van der Waals surface area contributed by atoms with Crippen molar-refractivity contribution in [2.24, 2.45) is 0 Å². The highest BCUT2D eigenvalue weighted by Gasteiger charge is 2.36. The molecule has 0 N–H and O–H groups in total. The summed E-state index contributed by atoms with van der Waals surface area (Å²) in [5.41, 5.74) is 1.13. The Bertz CT molecular complexity index is 1120. The predicted molar refractivity (Wildman–Crippen MR) is 135 cm³/mol. The van der Waals surface area contributed by atoms with E-state index in [0.29, 0.717) is 52.4 Å². The Morgan fingerprint density at radius 2 is 1.63 bits per heavy atom. The van der Waals surface area contributed by atoms with Gasteiger partial charge in [-0.1, -0.05) is 19.1 Å². The van der Waals surface area contributed by atoms with Crippen molar-refractivity contribution in [3.05, 3.63) is 36.0 Å². The number of carbonyl (C=O) groups is 1. The number of anilines is 1. The number of hydrogen-bond donors (Lipinski definition) is 0. The van der Waals surface area contributed by atoms with Crippen LogP contribution < -0.4 is 9.64 Å². The Morgan fingerprint density at radius 3 is 2.26 bits per heavy atom. The van der Waals surface area contributed by atoms with Gasteiger partial charge in [0.25, 0.3) is 15.9 Å². The maximum Gasteiger partial charge on any atom is 0.263 e. The number of aromatic nitrogens is 2. The number of rotatable bonds is 8. The molecule has 3 heterocycles. The first-order valence-corrected chi connectivity index (χ1v) is 13.9. The molecule has 11 heteroatoms. The largest absolute Gasteiger partial charge is 0.492 e. The molecule has 2 saturated heterocycles. The third-order valence-corrected chi connectivity index (χ3v) is 8.55. The number of para-hydroxylation sites is 2. The molecule has 0 bridgehead atoms. The number of likely N-dealkylation sites (N-methyl/N-ethyl adjacent to an activating group) is 1. The zero-order valence-electron chi connectivity index (χ0n) is 20.9. The molecule has 0 radical (unpaired) electrons. The highest BCUT2D eigenvalue weighted by atomic mass is 32.2. The van der Waals surface area contributed by atoms with Gasteiger partial charge < -0.3 is 19.4 Å². The average molecular weight is 505 g/mol. The van der Waals surface area contributed by atoms with Gasteiger partial charge >= 0.3 is 0 Å². The first-order valence-electron chi connectivity index (χ1n) is 12.4. The molecule has 35 heavy (non-hydrogen) atoms. The predicted octanol–water partition coefficient (Wildman–Crippen LogP) is 1.59. The number of ether oxygens (including phenoxy) is 1. The van der Waals surface area contributed by atoms with Gasteiger partial charge in [0.05, 0.1) is 17.9 Å². The van der Waals surface area contributed by atoms with Gasteiger partial charge in [0.1, 0.15) is 5.75 Å². The van der Waals surface area contributed by atoms with Crippen LogP contribution in [0.4, 0.5) is 5.69 Å². The zero-order valence-corrected chi connectivity index (χ0v) is 21.7. The van der Waals surface area contributed by atoms with Crippen LogP contribution in [0.1, 0.15) is 31.1 Å². The van der Waals surface area contributed by atoms with Gasteiger partial charge in [0.15, 0.2) is 0 Å². The van der Waals surface area contributed by atoms with E-state index in [-0.39, 0.29) is 16.5 Å². The SMILES string of the molecule is CCOc1ccccc1N1CCN(S(=O)(=O)c2nn(CC)cc2C(=O)N2CCN(CC)CC2)CC1. The van der Waals surface area contributed by atoms with Crippen LogP contribution in [-0.2, 0) is 16.6 Å². The first-order chi connectivity index (χ1) is 16.9. The lowest BCUT2D eigenvalue weighted by Crippen LogP contribution is -2.50. The van der Waals surface area contributed by atoms with E-state index in [9.17, 15) is 13.2 Å². The minimum atomic E-state index is -3.92. The van der Waals surface area contributed by atoms with E-state index in [0.717, 1.165) is 31.1 Å². The lowest BCUT2D eigenvalue weighted by atomic mass is 10.2. The second-order valence-electron chi connectivity index (χ2n) is 8.72. The molecule has 4 rings (SSSR count). The third-order valence-electron chi connectivity index (χ3n) is 6.72. The summed E-state index contributed by atoms with van der Waals surface area (Å²) in [6, 6.07) is 7.81. The summed E-state index contributed by atoms with van der Waals surface area (Å²) in [4.78, 5) is 19.5. The van der Waals surface area contributed by atoms with E-state index >= 15 is 0 Å². The van der Waals surface area contributed by atoms with Crippen molar-refractivity contribution in [1.82, 2.24) is 23.9 Å². The molecule has 1 aromatic heterocycles. The van der Waals surface area contributed by atoms with E-state index in [4.69, 9.17) is 4.74 Å². The van der Waals surface area contributed by atoms with E-state index in [1.54, 1.807) is 11.1 Å². The molecule has 1 amide bonds. The van der Waals surface area contributed by atoms with Gasteiger partial charge in [0, 0.05) is 65.1 Å².